The van der Waals surface area contributed by atoms with E-state index in [9.17, 15) is 14.4 Å². The van der Waals surface area contributed by atoms with Crippen LogP contribution in [0.1, 0.15) is 45.6 Å². The highest BCUT2D eigenvalue weighted by molar-refractivity contribution is 7.12. The van der Waals surface area contributed by atoms with Crippen molar-refractivity contribution in [2.45, 2.75) is 26.8 Å². The Morgan fingerprint density at radius 2 is 1.73 bits per heavy atom. The number of aryl methyl sites for hydroxylation is 1. The molecule has 1 aromatic carbocycles. The number of rotatable bonds is 3. The van der Waals surface area contributed by atoms with Crippen molar-refractivity contribution in [1.29, 1.82) is 0 Å². The quantitative estimate of drug-likeness (QED) is 0.693. The van der Waals surface area contributed by atoms with Gasteiger partial charge in [-0.05, 0) is 43.8 Å². The summed E-state index contributed by atoms with van der Waals surface area (Å²) in [5, 5.41) is 6.85. The van der Waals surface area contributed by atoms with Crippen LogP contribution >= 0.6 is 11.3 Å². The summed E-state index contributed by atoms with van der Waals surface area (Å²) in [7, 11) is 0. The highest BCUT2D eigenvalue weighted by Crippen LogP contribution is 2.16. The van der Waals surface area contributed by atoms with E-state index in [1.165, 1.54) is 16.0 Å². The first-order chi connectivity index (χ1) is 12.4. The van der Waals surface area contributed by atoms with E-state index in [2.05, 4.69) is 16.0 Å². The molecule has 3 rings (SSSR count). The number of nitrogens with zero attached hydrogens (tertiary/aromatic N) is 2. The molecule has 2 aromatic heterocycles. The van der Waals surface area contributed by atoms with Gasteiger partial charge in [-0.25, -0.2) is 4.68 Å². The van der Waals surface area contributed by atoms with E-state index >= 15 is 0 Å². The molecule has 0 bridgehead atoms. The van der Waals surface area contributed by atoms with Gasteiger partial charge >= 0.3 is 0 Å². The molecule has 0 aliphatic rings. The number of fused-ring (bicyclic) bond motifs is 1. The first-order valence-electron chi connectivity index (χ1n) is 8.06. The smallest absolute Gasteiger partial charge is 0.267 e. The lowest BCUT2D eigenvalue weighted by molar-refractivity contribution is 0.0845. The molecule has 0 fully saturated rings. The standard InChI is InChI=1S/C18H18N4O3S/c1-10(2)22-18(25)13-7-5-4-6-12(13)14(21-22)16(23)19-20-17(24)15-11(3)8-9-26-15/h4-10H,1-3H3,(H,19,23)(H,20,24). The molecule has 8 heteroatoms. The number of hydrazine groups is 1. The number of hydrogen-bond donors (Lipinski definition) is 2. The molecule has 2 amide bonds. The number of hydrogen-bond acceptors (Lipinski definition) is 5. The maximum Gasteiger partial charge on any atom is 0.290 e. The molecular formula is C18H18N4O3S. The number of nitrogens with one attached hydrogen (secondary N) is 2. The molecule has 26 heavy (non-hydrogen) atoms. The number of benzene rings is 1. The zero-order valence-corrected chi connectivity index (χ0v) is 15.4. The zero-order valence-electron chi connectivity index (χ0n) is 14.6. The van der Waals surface area contributed by atoms with Crippen molar-refractivity contribution >= 4 is 33.9 Å². The van der Waals surface area contributed by atoms with Crippen LogP contribution in [0.2, 0.25) is 0 Å². The third-order valence-electron chi connectivity index (χ3n) is 3.89. The normalized spacial score (nSPS) is 10.9. The van der Waals surface area contributed by atoms with Crippen LogP contribution in [0.15, 0.2) is 40.5 Å². The van der Waals surface area contributed by atoms with Crippen LogP contribution in [0.4, 0.5) is 0 Å². The Kier molecular flexibility index (Phi) is 4.85. The van der Waals surface area contributed by atoms with Crippen molar-refractivity contribution in [3.05, 3.63) is 62.2 Å². The molecule has 0 atom stereocenters. The Labute approximate surface area is 153 Å². The monoisotopic (exact) mass is 370 g/mol. The Bertz CT molecular complexity index is 1050. The van der Waals surface area contributed by atoms with Gasteiger partial charge in [-0.2, -0.15) is 5.10 Å². The van der Waals surface area contributed by atoms with Gasteiger partial charge in [-0.1, -0.05) is 18.2 Å². The van der Waals surface area contributed by atoms with Crippen molar-refractivity contribution in [2.75, 3.05) is 0 Å². The average molecular weight is 370 g/mol. The summed E-state index contributed by atoms with van der Waals surface area (Å²) in [4.78, 5) is 37.8. The third kappa shape index (κ3) is 3.23. The summed E-state index contributed by atoms with van der Waals surface area (Å²) in [6.45, 7) is 5.44. The second-order valence-corrected chi connectivity index (χ2v) is 6.99. The van der Waals surface area contributed by atoms with Gasteiger partial charge in [0.25, 0.3) is 17.4 Å². The Balaban J connectivity index is 1.93. The number of thiophene rings is 1. The van der Waals surface area contributed by atoms with E-state index < -0.39 is 11.8 Å². The SMILES string of the molecule is Cc1ccsc1C(=O)NNC(=O)c1nn(C(C)C)c(=O)c2ccccc12. The summed E-state index contributed by atoms with van der Waals surface area (Å²) >= 11 is 1.29. The average Bonchev–Trinajstić information content (AvgIpc) is 3.05. The first kappa shape index (κ1) is 17.8. The molecule has 134 valence electrons. The zero-order chi connectivity index (χ0) is 18.8. The Morgan fingerprint density at radius 1 is 1.08 bits per heavy atom. The number of aromatic nitrogens is 2. The van der Waals surface area contributed by atoms with Crippen LogP contribution in [0.5, 0.6) is 0 Å². The van der Waals surface area contributed by atoms with Gasteiger partial charge in [0.2, 0.25) is 0 Å². The molecule has 0 aliphatic carbocycles. The molecule has 0 saturated heterocycles. The lowest BCUT2D eigenvalue weighted by atomic mass is 10.1. The lowest BCUT2D eigenvalue weighted by Crippen LogP contribution is -2.42. The number of carbonyl (C=O) groups is 2. The van der Waals surface area contributed by atoms with Crippen molar-refractivity contribution in [2.24, 2.45) is 0 Å². The van der Waals surface area contributed by atoms with E-state index in [-0.39, 0.29) is 17.3 Å². The maximum atomic E-state index is 12.6. The van der Waals surface area contributed by atoms with Crippen molar-refractivity contribution < 1.29 is 9.59 Å². The molecule has 3 aromatic rings. The minimum Gasteiger partial charge on any atom is -0.267 e. The second kappa shape index (κ2) is 7.09. The summed E-state index contributed by atoms with van der Waals surface area (Å²) in [5.74, 6) is -0.981. The minimum absolute atomic E-state index is 0.0806. The minimum atomic E-state index is -0.585. The van der Waals surface area contributed by atoms with Crippen LogP contribution in [0.25, 0.3) is 10.8 Å². The van der Waals surface area contributed by atoms with E-state index in [1.807, 2.05) is 26.8 Å². The summed E-state index contributed by atoms with van der Waals surface area (Å²) in [6, 6.07) is 8.40. The van der Waals surface area contributed by atoms with Gasteiger partial charge in [0.05, 0.1) is 16.3 Å². The van der Waals surface area contributed by atoms with Gasteiger partial charge in [-0.15, -0.1) is 11.3 Å². The Hall–Kier alpha value is -3.00. The highest BCUT2D eigenvalue weighted by atomic mass is 32.1. The van der Waals surface area contributed by atoms with Gasteiger partial charge < -0.3 is 0 Å². The maximum absolute atomic E-state index is 12.6. The second-order valence-electron chi connectivity index (χ2n) is 6.08. The molecule has 0 unspecified atom stereocenters. The fourth-order valence-electron chi connectivity index (χ4n) is 2.56. The van der Waals surface area contributed by atoms with Gasteiger partial charge in [0.15, 0.2) is 5.69 Å². The van der Waals surface area contributed by atoms with Gasteiger partial charge in [0.1, 0.15) is 0 Å². The molecule has 0 aliphatic heterocycles. The predicted molar refractivity (Wildman–Crippen MR) is 100 cm³/mol. The summed E-state index contributed by atoms with van der Waals surface area (Å²) in [5.41, 5.74) is 5.43. The fourth-order valence-corrected chi connectivity index (χ4v) is 3.38. The van der Waals surface area contributed by atoms with E-state index in [4.69, 9.17) is 0 Å². The molecule has 0 spiro atoms. The molecule has 2 heterocycles. The van der Waals surface area contributed by atoms with E-state index in [0.717, 1.165) is 5.56 Å². The third-order valence-corrected chi connectivity index (χ3v) is 4.91. The number of amides is 2. The fraction of sp³-hybridized carbons (Fsp3) is 0.222. The summed E-state index contributed by atoms with van der Waals surface area (Å²) in [6.07, 6.45) is 0. The molecule has 7 nitrogen and oxygen atoms in total. The Morgan fingerprint density at radius 3 is 2.35 bits per heavy atom. The van der Waals surface area contributed by atoms with Gasteiger partial charge in [-0.3, -0.25) is 25.2 Å². The van der Waals surface area contributed by atoms with Crippen LogP contribution in [0, 0.1) is 6.92 Å². The summed E-state index contributed by atoms with van der Waals surface area (Å²) < 4.78 is 1.27. The lowest BCUT2D eigenvalue weighted by Gasteiger charge is -2.13. The van der Waals surface area contributed by atoms with Crippen molar-refractivity contribution in [3.63, 3.8) is 0 Å². The number of carbonyl (C=O) groups excluding carboxylic acids is 2. The van der Waals surface area contributed by atoms with Crippen LogP contribution in [-0.4, -0.2) is 21.6 Å². The van der Waals surface area contributed by atoms with E-state index in [1.54, 1.807) is 29.6 Å². The van der Waals surface area contributed by atoms with E-state index in [0.29, 0.717) is 15.6 Å². The van der Waals surface area contributed by atoms with Crippen molar-refractivity contribution in [1.82, 2.24) is 20.6 Å². The molecular weight excluding hydrogens is 352 g/mol. The first-order valence-corrected chi connectivity index (χ1v) is 8.94. The van der Waals surface area contributed by atoms with Crippen LogP contribution in [0.3, 0.4) is 0 Å². The molecule has 0 radical (unpaired) electrons. The van der Waals surface area contributed by atoms with Crippen LogP contribution in [-0.2, 0) is 0 Å². The van der Waals surface area contributed by atoms with Crippen LogP contribution < -0.4 is 16.4 Å². The highest BCUT2D eigenvalue weighted by Gasteiger charge is 2.19. The molecule has 2 N–H and O–H groups in total. The van der Waals surface area contributed by atoms with Gasteiger partial charge in [0, 0.05) is 5.39 Å². The largest absolute Gasteiger partial charge is 0.290 e. The molecule has 0 saturated carbocycles. The van der Waals surface area contributed by atoms with Crippen molar-refractivity contribution in [3.8, 4) is 0 Å². The topological polar surface area (TPSA) is 93.1 Å². The predicted octanol–water partition coefficient (Wildman–Crippen LogP) is 2.42.